The van der Waals surface area contributed by atoms with E-state index in [9.17, 15) is 9.18 Å². The van der Waals surface area contributed by atoms with E-state index in [0.717, 1.165) is 17.7 Å². The number of carbonyl (C=O) groups excluding carboxylic acids is 1. The number of nitrogens with two attached hydrogens (primary N) is 1. The molecule has 2 aromatic rings. The van der Waals surface area contributed by atoms with Crippen LogP contribution in [0.25, 0.3) is 0 Å². The molecule has 1 aliphatic heterocycles. The van der Waals surface area contributed by atoms with Gasteiger partial charge in [-0.2, -0.15) is 0 Å². The topological polar surface area (TPSA) is 64.3 Å². The number of halogens is 1. The first kappa shape index (κ1) is 12.5. The molecule has 3 rings (SSSR count). The van der Waals surface area contributed by atoms with Gasteiger partial charge in [0.1, 0.15) is 11.6 Å². The zero-order chi connectivity index (χ0) is 14.1. The van der Waals surface area contributed by atoms with E-state index in [1.807, 2.05) is 0 Å². The first-order valence-electron chi connectivity index (χ1n) is 6.25. The number of nitrogens with one attached hydrogen (secondary N) is 1. The molecule has 1 aliphatic rings. The number of nitrogen functional groups attached to an aromatic ring is 1. The van der Waals surface area contributed by atoms with Gasteiger partial charge in [0.2, 0.25) is 0 Å². The van der Waals surface area contributed by atoms with Crippen LogP contribution >= 0.6 is 0 Å². The minimum atomic E-state index is -0.551. The number of fused-ring (bicyclic) bond motifs is 1. The van der Waals surface area contributed by atoms with E-state index in [1.54, 1.807) is 24.3 Å². The van der Waals surface area contributed by atoms with Crippen LogP contribution in [0.1, 0.15) is 15.9 Å². The van der Waals surface area contributed by atoms with Crippen LogP contribution in [0, 0.1) is 5.82 Å². The Morgan fingerprint density at radius 2 is 2.10 bits per heavy atom. The summed E-state index contributed by atoms with van der Waals surface area (Å²) in [5.74, 6) is -0.0193. The summed E-state index contributed by atoms with van der Waals surface area (Å²) in [4.78, 5) is 12.1. The van der Waals surface area contributed by atoms with Crippen LogP contribution in [0.15, 0.2) is 36.4 Å². The fraction of sp³-hybridized carbons (Fsp3) is 0.133. The van der Waals surface area contributed by atoms with Crippen LogP contribution in [0.3, 0.4) is 0 Å². The van der Waals surface area contributed by atoms with Crippen molar-refractivity contribution in [2.45, 2.75) is 6.42 Å². The van der Waals surface area contributed by atoms with Crippen molar-refractivity contribution in [3.63, 3.8) is 0 Å². The molecule has 102 valence electrons. The highest BCUT2D eigenvalue weighted by Crippen LogP contribution is 2.26. The second-order valence-electron chi connectivity index (χ2n) is 4.61. The Morgan fingerprint density at radius 3 is 2.90 bits per heavy atom. The molecule has 0 bridgehead atoms. The van der Waals surface area contributed by atoms with Crippen molar-refractivity contribution in [1.29, 1.82) is 0 Å². The van der Waals surface area contributed by atoms with Crippen LogP contribution < -0.4 is 15.8 Å². The number of carbonyl (C=O) groups is 1. The van der Waals surface area contributed by atoms with Crippen molar-refractivity contribution in [2.75, 3.05) is 17.7 Å². The zero-order valence-electron chi connectivity index (χ0n) is 10.7. The number of rotatable bonds is 2. The summed E-state index contributed by atoms with van der Waals surface area (Å²) >= 11 is 0. The summed E-state index contributed by atoms with van der Waals surface area (Å²) < 4.78 is 18.7. The van der Waals surface area contributed by atoms with Crippen LogP contribution in [-0.2, 0) is 6.42 Å². The van der Waals surface area contributed by atoms with Gasteiger partial charge in [-0.3, -0.25) is 4.79 Å². The summed E-state index contributed by atoms with van der Waals surface area (Å²) in [7, 11) is 0. The Morgan fingerprint density at radius 1 is 1.25 bits per heavy atom. The molecule has 1 amide bonds. The predicted octanol–water partition coefficient (Wildman–Crippen LogP) is 2.60. The lowest BCUT2D eigenvalue weighted by atomic mass is 10.1. The second kappa shape index (κ2) is 4.85. The Labute approximate surface area is 115 Å². The molecule has 0 unspecified atom stereocenters. The normalized spacial score (nSPS) is 12.7. The van der Waals surface area contributed by atoms with Crippen molar-refractivity contribution in [2.24, 2.45) is 0 Å². The fourth-order valence-corrected chi connectivity index (χ4v) is 2.14. The van der Waals surface area contributed by atoms with E-state index in [4.69, 9.17) is 10.5 Å². The Kier molecular flexibility index (Phi) is 3.02. The van der Waals surface area contributed by atoms with Crippen molar-refractivity contribution in [3.05, 3.63) is 53.3 Å². The standard InChI is InChI=1S/C15H13FN2O2/c16-12-8-11(2-3-13(12)17)18-15(19)10-1-4-14-9(7-10)5-6-20-14/h1-4,7-8H,5-6,17H2,(H,18,19). The molecule has 3 N–H and O–H groups in total. The van der Waals surface area contributed by atoms with E-state index >= 15 is 0 Å². The maximum Gasteiger partial charge on any atom is 0.255 e. The SMILES string of the molecule is Nc1ccc(NC(=O)c2ccc3c(c2)CCO3)cc1F. The van der Waals surface area contributed by atoms with Crippen molar-refractivity contribution >= 4 is 17.3 Å². The molecule has 0 saturated carbocycles. The van der Waals surface area contributed by atoms with Gasteiger partial charge in [-0.1, -0.05) is 0 Å². The quantitative estimate of drug-likeness (QED) is 0.826. The van der Waals surface area contributed by atoms with Gasteiger partial charge < -0.3 is 15.8 Å². The minimum Gasteiger partial charge on any atom is -0.493 e. The largest absolute Gasteiger partial charge is 0.493 e. The summed E-state index contributed by atoms with van der Waals surface area (Å²) in [6.45, 7) is 0.642. The van der Waals surface area contributed by atoms with Crippen LogP contribution in [0.5, 0.6) is 5.75 Å². The van der Waals surface area contributed by atoms with E-state index in [0.29, 0.717) is 17.9 Å². The van der Waals surface area contributed by atoms with E-state index in [1.165, 1.54) is 12.1 Å². The van der Waals surface area contributed by atoms with Gasteiger partial charge in [0, 0.05) is 17.7 Å². The lowest BCUT2D eigenvalue weighted by Crippen LogP contribution is -2.12. The molecule has 0 saturated heterocycles. The van der Waals surface area contributed by atoms with Crippen LogP contribution in [0.2, 0.25) is 0 Å². The first-order chi connectivity index (χ1) is 9.63. The number of hydrogen-bond donors (Lipinski definition) is 2. The van der Waals surface area contributed by atoms with Gasteiger partial charge >= 0.3 is 0 Å². The van der Waals surface area contributed by atoms with Crippen molar-refractivity contribution in [1.82, 2.24) is 0 Å². The van der Waals surface area contributed by atoms with Gasteiger partial charge in [0.15, 0.2) is 0 Å². The molecule has 0 fully saturated rings. The fourth-order valence-electron chi connectivity index (χ4n) is 2.14. The minimum absolute atomic E-state index is 0.0534. The molecule has 0 spiro atoms. The molecule has 0 aromatic heterocycles. The molecular weight excluding hydrogens is 259 g/mol. The van der Waals surface area contributed by atoms with Crippen molar-refractivity contribution < 1.29 is 13.9 Å². The lowest BCUT2D eigenvalue weighted by molar-refractivity contribution is 0.102. The smallest absolute Gasteiger partial charge is 0.255 e. The average molecular weight is 272 g/mol. The molecule has 0 radical (unpaired) electrons. The van der Waals surface area contributed by atoms with E-state index in [2.05, 4.69) is 5.32 Å². The number of ether oxygens (including phenoxy) is 1. The second-order valence-corrected chi connectivity index (χ2v) is 4.61. The Hall–Kier alpha value is -2.56. The predicted molar refractivity (Wildman–Crippen MR) is 74.4 cm³/mol. The molecule has 20 heavy (non-hydrogen) atoms. The van der Waals surface area contributed by atoms with E-state index in [-0.39, 0.29) is 11.6 Å². The summed E-state index contributed by atoms with van der Waals surface area (Å²) in [5, 5.41) is 2.64. The highest BCUT2D eigenvalue weighted by molar-refractivity contribution is 6.04. The van der Waals surface area contributed by atoms with Gasteiger partial charge in [-0.15, -0.1) is 0 Å². The number of amides is 1. The van der Waals surface area contributed by atoms with E-state index < -0.39 is 5.82 Å². The highest BCUT2D eigenvalue weighted by Gasteiger charge is 2.15. The molecular formula is C15H13FN2O2. The Bertz CT molecular complexity index is 686. The maximum absolute atomic E-state index is 13.3. The number of anilines is 2. The average Bonchev–Trinajstić information content (AvgIpc) is 2.90. The molecule has 0 aliphatic carbocycles. The van der Waals surface area contributed by atoms with Gasteiger partial charge in [0.25, 0.3) is 5.91 Å². The third kappa shape index (κ3) is 2.30. The molecule has 1 heterocycles. The Balaban J connectivity index is 1.80. The van der Waals surface area contributed by atoms with Gasteiger partial charge in [0.05, 0.1) is 12.3 Å². The molecule has 2 aromatic carbocycles. The van der Waals surface area contributed by atoms with Gasteiger partial charge in [-0.05, 0) is 42.0 Å². The molecule has 4 nitrogen and oxygen atoms in total. The number of hydrogen-bond acceptors (Lipinski definition) is 3. The zero-order valence-corrected chi connectivity index (χ0v) is 10.7. The van der Waals surface area contributed by atoms with Crippen LogP contribution in [-0.4, -0.2) is 12.5 Å². The molecule has 0 atom stereocenters. The van der Waals surface area contributed by atoms with Gasteiger partial charge in [-0.25, -0.2) is 4.39 Å². The third-order valence-electron chi connectivity index (χ3n) is 3.21. The van der Waals surface area contributed by atoms with Crippen molar-refractivity contribution in [3.8, 4) is 5.75 Å². The number of benzene rings is 2. The monoisotopic (exact) mass is 272 g/mol. The summed E-state index contributed by atoms with van der Waals surface area (Å²) in [6, 6.07) is 9.44. The van der Waals surface area contributed by atoms with Crippen LogP contribution in [0.4, 0.5) is 15.8 Å². The first-order valence-corrected chi connectivity index (χ1v) is 6.25. The molecule has 5 heteroatoms. The lowest BCUT2D eigenvalue weighted by Gasteiger charge is -2.07. The highest BCUT2D eigenvalue weighted by atomic mass is 19.1. The third-order valence-corrected chi connectivity index (χ3v) is 3.21. The maximum atomic E-state index is 13.3. The summed E-state index contributed by atoms with van der Waals surface area (Å²) in [5.41, 5.74) is 7.35. The summed E-state index contributed by atoms with van der Waals surface area (Å²) in [6.07, 6.45) is 0.799.